The van der Waals surface area contributed by atoms with E-state index in [4.69, 9.17) is 0 Å². The van der Waals surface area contributed by atoms with Crippen LogP contribution in [0.25, 0.3) is 0 Å². The SMILES string of the molecule is FC(F)(F)Oc1ccc(Br)[c]c1Br. The third-order valence-electron chi connectivity index (χ3n) is 1.05. The van der Waals surface area contributed by atoms with Crippen LogP contribution in [0.3, 0.4) is 0 Å². The summed E-state index contributed by atoms with van der Waals surface area (Å²) in [5, 5.41) is 0. The molecule has 0 aliphatic rings. The van der Waals surface area contributed by atoms with Crippen LogP contribution in [0.1, 0.15) is 0 Å². The Morgan fingerprint density at radius 2 is 1.85 bits per heavy atom. The van der Waals surface area contributed by atoms with Crippen LogP contribution in [-0.2, 0) is 0 Å². The van der Waals surface area contributed by atoms with E-state index in [0.717, 1.165) is 0 Å². The van der Waals surface area contributed by atoms with Gasteiger partial charge in [0.15, 0.2) is 0 Å². The maximum absolute atomic E-state index is 11.8. The van der Waals surface area contributed by atoms with Crippen molar-refractivity contribution in [2.45, 2.75) is 6.36 Å². The second kappa shape index (κ2) is 3.88. The van der Waals surface area contributed by atoms with E-state index in [1.54, 1.807) is 0 Å². The Labute approximate surface area is 89.1 Å². The molecule has 6 heteroatoms. The van der Waals surface area contributed by atoms with Crippen molar-refractivity contribution in [2.24, 2.45) is 0 Å². The van der Waals surface area contributed by atoms with Crippen molar-refractivity contribution < 1.29 is 17.9 Å². The zero-order chi connectivity index (χ0) is 10.1. The van der Waals surface area contributed by atoms with E-state index in [0.29, 0.717) is 4.47 Å². The summed E-state index contributed by atoms with van der Waals surface area (Å²) in [5.74, 6) is -0.310. The summed E-state index contributed by atoms with van der Waals surface area (Å²) < 4.78 is 39.6. The van der Waals surface area contributed by atoms with Gasteiger partial charge in [-0.3, -0.25) is 0 Å². The summed E-state index contributed by atoms with van der Waals surface area (Å²) in [7, 11) is 0. The summed E-state index contributed by atoms with van der Waals surface area (Å²) in [6, 6.07) is 5.17. The molecule has 0 atom stereocenters. The van der Waals surface area contributed by atoms with Crippen molar-refractivity contribution >= 4 is 31.9 Å². The van der Waals surface area contributed by atoms with Crippen molar-refractivity contribution in [2.75, 3.05) is 0 Å². The number of halogens is 5. The summed E-state index contributed by atoms with van der Waals surface area (Å²) in [4.78, 5) is 0. The molecule has 1 nitrogen and oxygen atoms in total. The van der Waals surface area contributed by atoms with Gasteiger partial charge in [0.05, 0.1) is 4.47 Å². The molecule has 0 heterocycles. The first kappa shape index (κ1) is 10.8. The molecule has 1 rings (SSSR count). The molecule has 71 valence electrons. The number of hydrogen-bond donors (Lipinski definition) is 0. The minimum absolute atomic E-state index is 0.124. The fourth-order valence-corrected chi connectivity index (χ4v) is 1.66. The molecule has 0 saturated carbocycles. The van der Waals surface area contributed by atoms with Crippen LogP contribution >= 0.6 is 31.9 Å². The van der Waals surface area contributed by atoms with Gasteiger partial charge >= 0.3 is 6.36 Å². The molecular weight excluding hydrogens is 317 g/mol. The predicted octanol–water partition coefficient (Wildman–Crippen LogP) is 3.91. The smallest absolute Gasteiger partial charge is 0.405 e. The first-order valence-corrected chi connectivity index (χ1v) is 4.60. The van der Waals surface area contributed by atoms with Crippen LogP contribution in [0.4, 0.5) is 13.2 Å². The number of alkyl halides is 3. The molecule has 0 bridgehead atoms. The minimum atomic E-state index is -4.68. The highest BCUT2D eigenvalue weighted by molar-refractivity contribution is 9.11. The first-order valence-electron chi connectivity index (χ1n) is 3.01. The van der Waals surface area contributed by atoms with Gasteiger partial charge < -0.3 is 4.74 Å². The molecule has 13 heavy (non-hydrogen) atoms. The van der Waals surface area contributed by atoms with E-state index in [1.165, 1.54) is 12.1 Å². The normalized spacial score (nSPS) is 11.5. The Kier molecular flexibility index (Phi) is 3.23. The predicted molar refractivity (Wildman–Crippen MR) is 47.4 cm³/mol. The summed E-state index contributed by atoms with van der Waals surface area (Å²) in [6.45, 7) is 0. The number of rotatable bonds is 1. The monoisotopic (exact) mass is 317 g/mol. The molecule has 1 aromatic carbocycles. The van der Waals surface area contributed by atoms with Crippen LogP contribution in [0.15, 0.2) is 21.1 Å². The number of benzene rings is 1. The molecule has 0 N–H and O–H groups in total. The third-order valence-corrected chi connectivity index (χ3v) is 2.10. The van der Waals surface area contributed by atoms with Crippen molar-refractivity contribution in [3.8, 4) is 5.75 Å². The molecular formula is C7H2Br2F3O. The quantitative estimate of drug-likeness (QED) is 0.763. The zero-order valence-electron chi connectivity index (χ0n) is 5.95. The topological polar surface area (TPSA) is 9.23 Å². The lowest BCUT2D eigenvalue weighted by Crippen LogP contribution is -2.17. The molecule has 0 aliphatic carbocycles. The average molecular weight is 319 g/mol. The lowest BCUT2D eigenvalue weighted by molar-refractivity contribution is -0.274. The molecule has 1 radical (unpaired) electrons. The lowest BCUT2D eigenvalue weighted by Gasteiger charge is -2.09. The summed E-state index contributed by atoms with van der Waals surface area (Å²) in [5.41, 5.74) is 0. The summed E-state index contributed by atoms with van der Waals surface area (Å²) >= 11 is 5.94. The zero-order valence-corrected chi connectivity index (χ0v) is 9.12. The van der Waals surface area contributed by atoms with E-state index in [-0.39, 0.29) is 10.2 Å². The Bertz CT molecular complexity index is 311. The van der Waals surface area contributed by atoms with E-state index < -0.39 is 6.36 Å². The van der Waals surface area contributed by atoms with Crippen LogP contribution < -0.4 is 4.74 Å². The van der Waals surface area contributed by atoms with Gasteiger partial charge in [0, 0.05) is 10.5 Å². The van der Waals surface area contributed by atoms with E-state index >= 15 is 0 Å². The molecule has 0 aromatic heterocycles. The fourth-order valence-electron chi connectivity index (χ4n) is 0.634. The van der Waals surface area contributed by atoms with Gasteiger partial charge in [0.25, 0.3) is 0 Å². The van der Waals surface area contributed by atoms with Gasteiger partial charge in [0.2, 0.25) is 0 Å². The maximum Gasteiger partial charge on any atom is 0.573 e. The van der Waals surface area contributed by atoms with Gasteiger partial charge in [-0.25, -0.2) is 0 Å². The van der Waals surface area contributed by atoms with Crippen LogP contribution in [0, 0.1) is 6.07 Å². The number of hydrogen-bond acceptors (Lipinski definition) is 1. The van der Waals surface area contributed by atoms with E-state index in [1.807, 2.05) is 0 Å². The van der Waals surface area contributed by atoms with Crippen LogP contribution in [0.5, 0.6) is 5.75 Å². The van der Waals surface area contributed by atoms with Crippen LogP contribution in [-0.4, -0.2) is 6.36 Å². The molecule has 0 amide bonds. The van der Waals surface area contributed by atoms with Crippen molar-refractivity contribution in [1.29, 1.82) is 0 Å². The standard InChI is InChI=1S/C7H2Br2F3O/c8-4-1-2-6(5(9)3-4)13-7(10,11)12/h1-2H. The molecule has 0 saturated heterocycles. The molecule has 0 unspecified atom stereocenters. The maximum atomic E-state index is 11.8. The average Bonchev–Trinajstić information content (AvgIpc) is 1.93. The van der Waals surface area contributed by atoms with Crippen molar-refractivity contribution in [3.63, 3.8) is 0 Å². The molecule has 0 fully saturated rings. The first-order chi connectivity index (χ1) is 5.88. The molecule has 0 aliphatic heterocycles. The van der Waals surface area contributed by atoms with E-state index in [2.05, 4.69) is 42.7 Å². The van der Waals surface area contributed by atoms with Crippen LogP contribution in [0.2, 0.25) is 0 Å². The third kappa shape index (κ3) is 3.56. The van der Waals surface area contributed by atoms with Gasteiger partial charge in [-0.15, -0.1) is 13.2 Å². The highest BCUT2D eigenvalue weighted by Gasteiger charge is 2.31. The Balaban J connectivity index is 2.90. The highest BCUT2D eigenvalue weighted by Crippen LogP contribution is 2.31. The van der Waals surface area contributed by atoms with E-state index in [9.17, 15) is 13.2 Å². The molecule has 0 spiro atoms. The molecule has 1 aromatic rings. The van der Waals surface area contributed by atoms with Crippen molar-refractivity contribution in [3.05, 3.63) is 27.1 Å². The largest absolute Gasteiger partial charge is 0.573 e. The Morgan fingerprint density at radius 1 is 1.23 bits per heavy atom. The highest BCUT2D eigenvalue weighted by atomic mass is 79.9. The second-order valence-electron chi connectivity index (χ2n) is 2.03. The van der Waals surface area contributed by atoms with Gasteiger partial charge in [-0.1, -0.05) is 15.9 Å². The summed E-state index contributed by atoms with van der Waals surface area (Å²) in [6.07, 6.45) is -4.68. The minimum Gasteiger partial charge on any atom is -0.405 e. The Hall–Kier alpha value is -0.230. The van der Waals surface area contributed by atoms with Gasteiger partial charge in [-0.2, -0.15) is 0 Å². The second-order valence-corrected chi connectivity index (χ2v) is 3.68. The van der Waals surface area contributed by atoms with Gasteiger partial charge in [0.1, 0.15) is 5.75 Å². The number of ether oxygens (including phenoxy) is 1. The van der Waals surface area contributed by atoms with Crippen molar-refractivity contribution in [1.82, 2.24) is 0 Å². The fraction of sp³-hybridized carbons (Fsp3) is 0.143. The Morgan fingerprint density at radius 3 is 2.31 bits per heavy atom. The lowest BCUT2D eigenvalue weighted by atomic mass is 10.3. The van der Waals surface area contributed by atoms with Gasteiger partial charge in [-0.05, 0) is 28.1 Å².